The van der Waals surface area contributed by atoms with Crippen molar-refractivity contribution in [3.05, 3.63) is 29.8 Å². The summed E-state index contributed by atoms with van der Waals surface area (Å²) < 4.78 is 5.13. The maximum absolute atomic E-state index is 5.67. The van der Waals surface area contributed by atoms with Crippen LogP contribution in [0.2, 0.25) is 0 Å². The van der Waals surface area contributed by atoms with Crippen molar-refractivity contribution in [3.8, 4) is 5.75 Å². The highest BCUT2D eigenvalue weighted by Crippen LogP contribution is 2.31. The molecule has 2 N–H and O–H groups in total. The van der Waals surface area contributed by atoms with Gasteiger partial charge in [0.1, 0.15) is 5.75 Å². The monoisotopic (exact) mass is 249 g/mol. The molecular weight excluding hydrogens is 234 g/mol. The van der Waals surface area contributed by atoms with Crippen LogP contribution in [0.25, 0.3) is 0 Å². The van der Waals surface area contributed by atoms with Gasteiger partial charge in [-0.1, -0.05) is 12.1 Å². The van der Waals surface area contributed by atoms with Crippen LogP contribution >= 0.6 is 12.2 Å². The number of ether oxygens (including phenoxy) is 1. The smallest absolute Gasteiger partial charge is 0.187 e. The molecule has 1 aromatic rings. The molecule has 1 aliphatic heterocycles. The molecule has 0 aliphatic carbocycles. The number of nitrogens with zero attached hydrogens (tertiary/aromatic N) is 2. The average Bonchev–Trinajstić information content (AvgIpc) is 2.72. The van der Waals surface area contributed by atoms with E-state index >= 15 is 0 Å². The zero-order valence-corrected chi connectivity index (χ0v) is 10.7. The third-order valence-electron chi connectivity index (χ3n) is 2.79. The first kappa shape index (κ1) is 11.9. The minimum atomic E-state index is 0.110. The van der Waals surface area contributed by atoms with Gasteiger partial charge in [-0.15, -0.1) is 0 Å². The number of thiocarbonyl (C=S) groups is 1. The number of methoxy groups -OCH3 is 1. The minimum Gasteiger partial charge on any atom is -0.497 e. The van der Waals surface area contributed by atoms with Crippen LogP contribution in [0.4, 0.5) is 0 Å². The van der Waals surface area contributed by atoms with E-state index in [0.717, 1.165) is 23.4 Å². The Balaban J connectivity index is 2.24. The highest BCUT2D eigenvalue weighted by atomic mass is 32.1. The largest absolute Gasteiger partial charge is 0.497 e. The SMILES string of the molecule is COc1ccc(C2CC(C)=NN2C(N)=S)cc1. The topological polar surface area (TPSA) is 50.8 Å². The Bertz CT molecular complexity index is 455. The molecule has 0 spiro atoms. The highest BCUT2D eigenvalue weighted by molar-refractivity contribution is 7.80. The van der Waals surface area contributed by atoms with Crippen molar-refractivity contribution in [1.82, 2.24) is 5.01 Å². The van der Waals surface area contributed by atoms with Crippen LogP contribution in [-0.4, -0.2) is 22.9 Å². The summed E-state index contributed by atoms with van der Waals surface area (Å²) in [5.74, 6) is 0.839. The minimum absolute atomic E-state index is 0.110. The van der Waals surface area contributed by atoms with E-state index in [1.165, 1.54) is 0 Å². The Hall–Kier alpha value is -1.62. The average molecular weight is 249 g/mol. The third kappa shape index (κ3) is 2.39. The zero-order valence-electron chi connectivity index (χ0n) is 9.88. The summed E-state index contributed by atoms with van der Waals surface area (Å²) >= 11 is 5.01. The van der Waals surface area contributed by atoms with Crippen molar-refractivity contribution in [2.45, 2.75) is 19.4 Å². The second kappa shape index (κ2) is 4.71. The molecule has 4 nitrogen and oxygen atoms in total. The normalized spacial score (nSPS) is 19.1. The van der Waals surface area contributed by atoms with Crippen LogP contribution < -0.4 is 10.5 Å². The van der Waals surface area contributed by atoms with Gasteiger partial charge in [-0.25, -0.2) is 5.01 Å². The molecule has 90 valence electrons. The van der Waals surface area contributed by atoms with E-state index in [0.29, 0.717) is 5.11 Å². The third-order valence-corrected chi connectivity index (χ3v) is 2.98. The molecule has 1 heterocycles. The lowest BCUT2D eigenvalue weighted by Gasteiger charge is -2.22. The van der Waals surface area contributed by atoms with Gasteiger partial charge in [0.15, 0.2) is 5.11 Å². The predicted molar refractivity (Wildman–Crippen MR) is 72.1 cm³/mol. The van der Waals surface area contributed by atoms with Gasteiger partial charge < -0.3 is 10.5 Å². The van der Waals surface area contributed by atoms with Gasteiger partial charge in [-0.2, -0.15) is 5.10 Å². The fraction of sp³-hybridized carbons (Fsp3) is 0.333. The molecule has 5 heteroatoms. The van der Waals surface area contributed by atoms with Crippen LogP contribution in [0.15, 0.2) is 29.4 Å². The summed E-state index contributed by atoms with van der Waals surface area (Å²) in [5, 5.41) is 6.35. The summed E-state index contributed by atoms with van der Waals surface area (Å²) in [6, 6.07) is 8.01. The summed E-state index contributed by atoms with van der Waals surface area (Å²) in [5.41, 5.74) is 7.85. The Morgan fingerprint density at radius 1 is 1.47 bits per heavy atom. The van der Waals surface area contributed by atoms with Gasteiger partial charge in [0.05, 0.1) is 13.2 Å². The molecule has 0 amide bonds. The predicted octanol–water partition coefficient (Wildman–Crippen LogP) is 2.06. The van der Waals surface area contributed by atoms with Crippen molar-refractivity contribution in [1.29, 1.82) is 0 Å². The second-order valence-corrected chi connectivity index (χ2v) is 4.43. The molecule has 0 bridgehead atoms. The molecule has 2 rings (SSSR count). The van der Waals surface area contributed by atoms with Crippen LogP contribution in [-0.2, 0) is 0 Å². The van der Waals surface area contributed by atoms with E-state index in [2.05, 4.69) is 5.10 Å². The van der Waals surface area contributed by atoms with Crippen molar-refractivity contribution in [2.24, 2.45) is 10.8 Å². The van der Waals surface area contributed by atoms with Crippen molar-refractivity contribution < 1.29 is 4.74 Å². The van der Waals surface area contributed by atoms with Crippen LogP contribution in [0.1, 0.15) is 24.9 Å². The number of hydrazone groups is 1. The van der Waals surface area contributed by atoms with E-state index in [4.69, 9.17) is 22.7 Å². The van der Waals surface area contributed by atoms with E-state index < -0.39 is 0 Å². The first-order valence-corrected chi connectivity index (χ1v) is 5.79. The van der Waals surface area contributed by atoms with E-state index in [9.17, 15) is 0 Å². The first-order valence-electron chi connectivity index (χ1n) is 5.38. The maximum Gasteiger partial charge on any atom is 0.187 e. The molecule has 0 fully saturated rings. The van der Waals surface area contributed by atoms with Crippen molar-refractivity contribution >= 4 is 23.0 Å². The Kier molecular flexibility index (Phi) is 3.28. The van der Waals surface area contributed by atoms with Crippen molar-refractivity contribution in [2.75, 3.05) is 7.11 Å². The number of nitrogens with two attached hydrogens (primary N) is 1. The Labute approximate surface area is 106 Å². The van der Waals surface area contributed by atoms with Gasteiger partial charge in [0.2, 0.25) is 0 Å². The highest BCUT2D eigenvalue weighted by Gasteiger charge is 2.27. The quantitative estimate of drug-likeness (QED) is 0.815. The summed E-state index contributed by atoms with van der Waals surface area (Å²) in [7, 11) is 1.65. The number of rotatable bonds is 2. The van der Waals surface area contributed by atoms with Crippen LogP contribution in [0.3, 0.4) is 0 Å². The molecule has 1 atom stereocenters. The lowest BCUT2D eigenvalue weighted by Crippen LogP contribution is -2.31. The Morgan fingerprint density at radius 2 is 2.12 bits per heavy atom. The van der Waals surface area contributed by atoms with Gasteiger partial charge in [-0.05, 0) is 36.8 Å². The molecule has 0 saturated carbocycles. The van der Waals surface area contributed by atoms with Crippen LogP contribution in [0.5, 0.6) is 5.75 Å². The number of hydrogen-bond acceptors (Lipinski definition) is 3. The summed E-state index contributed by atoms with van der Waals surface area (Å²) in [6.07, 6.45) is 0.851. The summed E-state index contributed by atoms with van der Waals surface area (Å²) in [4.78, 5) is 0. The molecule has 17 heavy (non-hydrogen) atoms. The fourth-order valence-electron chi connectivity index (χ4n) is 1.95. The fourth-order valence-corrected chi connectivity index (χ4v) is 2.12. The van der Waals surface area contributed by atoms with Gasteiger partial charge in [0.25, 0.3) is 0 Å². The second-order valence-electron chi connectivity index (χ2n) is 4.01. The number of hydrogen-bond donors (Lipinski definition) is 1. The lowest BCUT2D eigenvalue weighted by molar-refractivity contribution is 0.371. The van der Waals surface area contributed by atoms with Crippen LogP contribution in [0, 0.1) is 0 Å². The van der Waals surface area contributed by atoms with Gasteiger partial charge in [0, 0.05) is 12.1 Å². The molecule has 1 aromatic carbocycles. The van der Waals surface area contributed by atoms with Gasteiger partial charge in [-0.3, -0.25) is 0 Å². The lowest BCUT2D eigenvalue weighted by atomic mass is 10.0. The Morgan fingerprint density at radius 3 is 2.65 bits per heavy atom. The van der Waals surface area contributed by atoms with E-state index in [-0.39, 0.29) is 6.04 Å². The van der Waals surface area contributed by atoms with E-state index in [1.807, 2.05) is 31.2 Å². The molecule has 1 aliphatic rings. The van der Waals surface area contributed by atoms with E-state index in [1.54, 1.807) is 12.1 Å². The molecule has 1 unspecified atom stereocenters. The molecular formula is C12H15N3OS. The maximum atomic E-state index is 5.67. The first-order chi connectivity index (χ1) is 8.11. The standard InChI is InChI=1S/C12H15N3OS/c1-8-7-11(15(14-8)12(13)17)9-3-5-10(16-2)6-4-9/h3-6,11H,7H2,1-2H3,(H2,13,17). The molecule has 0 saturated heterocycles. The molecule has 0 aromatic heterocycles. The molecule has 0 radical (unpaired) electrons. The zero-order chi connectivity index (χ0) is 12.4. The van der Waals surface area contributed by atoms with Gasteiger partial charge >= 0.3 is 0 Å². The van der Waals surface area contributed by atoms with Crippen molar-refractivity contribution in [3.63, 3.8) is 0 Å². The summed E-state index contributed by atoms with van der Waals surface area (Å²) in [6.45, 7) is 1.98. The number of benzene rings is 1.